The minimum atomic E-state index is 0.709. The highest BCUT2D eigenvalue weighted by Gasteiger charge is 2.26. The molecule has 2 rings (SSSR count). The summed E-state index contributed by atoms with van der Waals surface area (Å²) in [6, 6.07) is 0. The summed E-state index contributed by atoms with van der Waals surface area (Å²) >= 11 is 1.94. The van der Waals surface area contributed by atoms with E-state index in [4.69, 9.17) is 5.73 Å². The highest BCUT2D eigenvalue weighted by Crippen LogP contribution is 2.38. The zero-order chi connectivity index (χ0) is 9.97. The van der Waals surface area contributed by atoms with Crippen molar-refractivity contribution in [2.75, 3.05) is 6.54 Å². The summed E-state index contributed by atoms with van der Waals surface area (Å²) in [6.45, 7) is 0.831. The summed E-state index contributed by atoms with van der Waals surface area (Å²) in [7, 11) is 1.96. The Hall–Kier alpha value is -0.480. The van der Waals surface area contributed by atoms with Gasteiger partial charge in [-0.1, -0.05) is 6.42 Å². The van der Waals surface area contributed by atoms with Crippen molar-refractivity contribution in [3.8, 4) is 0 Å². The summed E-state index contributed by atoms with van der Waals surface area (Å²) < 4.78 is 1.86. The normalized spacial score (nSPS) is 27.0. The van der Waals surface area contributed by atoms with Gasteiger partial charge in [0.1, 0.15) is 0 Å². The highest BCUT2D eigenvalue weighted by molar-refractivity contribution is 8.00. The predicted octanol–water partition coefficient (Wildman–Crippen LogP) is 1.64. The lowest BCUT2D eigenvalue weighted by molar-refractivity contribution is 0.573. The number of aromatic nitrogens is 2. The Bertz CT molecular complexity index is 297. The van der Waals surface area contributed by atoms with Gasteiger partial charge in [-0.05, 0) is 25.3 Å². The molecule has 0 aromatic carbocycles. The number of rotatable bonds is 3. The van der Waals surface area contributed by atoms with Crippen LogP contribution in [0.15, 0.2) is 17.3 Å². The largest absolute Gasteiger partial charge is 0.330 e. The topological polar surface area (TPSA) is 43.8 Å². The molecule has 1 heterocycles. The minimum absolute atomic E-state index is 0.709. The molecule has 0 aliphatic heterocycles. The van der Waals surface area contributed by atoms with Crippen LogP contribution in [0.4, 0.5) is 0 Å². The van der Waals surface area contributed by atoms with Gasteiger partial charge in [0, 0.05) is 23.4 Å². The van der Waals surface area contributed by atoms with E-state index in [0.717, 1.165) is 6.54 Å². The maximum absolute atomic E-state index is 5.75. The maximum atomic E-state index is 5.75. The second-order valence-electron chi connectivity index (χ2n) is 3.93. The first-order valence-corrected chi connectivity index (χ1v) is 6.03. The van der Waals surface area contributed by atoms with E-state index in [9.17, 15) is 0 Å². The zero-order valence-electron chi connectivity index (χ0n) is 8.52. The summed E-state index contributed by atoms with van der Waals surface area (Å²) in [6.07, 6.45) is 7.96. The van der Waals surface area contributed by atoms with Crippen LogP contribution in [0.3, 0.4) is 0 Å². The third-order valence-electron chi connectivity index (χ3n) is 2.86. The van der Waals surface area contributed by atoms with E-state index in [-0.39, 0.29) is 0 Å². The van der Waals surface area contributed by atoms with Gasteiger partial charge in [0.15, 0.2) is 0 Å². The van der Waals surface area contributed by atoms with E-state index in [1.165, 1.54) is 24.2 Å². The van der Waals surface area contributed by atoms with Crippen molar-refractivity contribution < 1.29 is 0 Å². The molecule has 4 heteroatoms. The highest BCUT2D eigenvalue weighted by atomic mass is 32.2. The fourth-order valence-electron chi connectivity index (χ4n) is 2.06. The van der Waals surface area contributed by atoms with E-state index >= 15 is 0 Å². The smallest absolute Gasteiger partial charge is 0.0625 e. The molecule has 0 amide bonds. The lowest BCUT2D eigenvalue weighted by Crippen LogP contribution is -2.19. The van der Waals surface area contributed by atoms with E-state index in [0.29, 0.717) is 11.2 Å². The molecule has 78 valence electrons. The van der Waals surface area contributed by atoms with Gasteiger partial charge in [-0.2, -0.15) is 5.10 Å². The Labute approximate surface area is 89.1 Å². The molecule has 3 nitrogen and oxygen atoms in total. The van der Waals surface area contributed by atoms with Gasteiger partial charge in [-0.3, -0.25) is 4.68 Å². The second-order valence-corrected chi connectivity index (χ2v) is 5.25. The molecular weight excluding hydrogens is 194 g/mol. The summed E-state index contributed by atoms with van der Waals surface area (Å²) in [5.74, 6) is 0.709. The van der Waals surface area contributed by atoms with Crippen molar-refractivity contribution in [3.63, 3.8) is 0 Å². The fourth-order valence-corrected chi connectivity index (χ4v) is 3.46. The third kappa shape index (κ3) is 2.12. The summed E-state index contributed by atoms with van der Waals surface area (Å²) in [5, 5.41) is 4.89. The molecule has 0 bridgehead atoms. The molecule has 1 aromatic rings. The van der Waals surface area contributed by atoms with Crippen LogP contribution < -0.4 is 5.73 Å². The average Bonchev–Trinajstić information content (AvgIpc) is 2.76. The van der Waals surface area contributed by atoms with Crippen LogP contribution in [0, 0.1) is 5.92 Å². The van der Waals surface area contributed by atoms with Gasteiger partial charge in [0.25, 0.3) is 0 Å². The van der Waals surface area contributed by atoms with Crippen LogP contribution in [0.25, 0.3) is 0 Å². The van der Waals surface area contributed by atoms with Gasteiger partial charge in [-0.15, -0.1) is 11.8 Å². The molecule has 1 fully saturated rings. The monoisotopic (exact) mass is 211 g/mol. The molecule has 1 saturated carbocycles. The zero-order valence-corrected chi connectivity index (χ0v) is 9.33. The predicted molar refractivity (Wildman–Crippen MR) is 59.2 cm³/mol. The van der Waals surface area contributed by atoms with Crippen molar-refractivity contribution in [3.05, 3.63) is 12.4 Å². The van der Waals surface area contributed by atoms with Crippen molar-refractivity contribution in [2.24, 2.45) is 18.7 Å². The first-order valence-electron chi connectivity index (χ1n) is 5.15. The van der Waals surface area contributed by atoms with Crippen LogP contribution in [0.5, 0.6) is 0 Å². The average molecular weight is 211 g/mol. The van der Waals surface area contributed by atoms with Crippen LogP contribution >= 0.6 is 11.8 Å². The molecule has 1 aliphatic carbocycles. The van der Waals surface area contributed by atoms with Crippen molar-refractivity contribution >= 4 is 11.8 Å². The number of hydrogen-bond donors (Lipinski definition) is 1. The molecule has 1 aromatic heterocycles. The van der Waals surface area contributed by atoms with E-state index in [2.05, 4.69) is 11.3 Å². The molecular formula is C10H17N3S. The van der Waals surface area contributed by atoms with Crippen molar-refractivity contribution in [1.29, 1.82) is 0 Å². The van der Waals surface area contributed by atoms with Crippen LogP contribution in [0.2, 0.25) is 0 Å². The number of nitrogens with two attached hydrogens (primary N) is 1. The quantitative estimate of drug-likeness (QED) is 0.826. The number of aryl methyl sites for hydroxylation is 1. The van der Waals surface area contributed by atoms with Crippen LogP contribution in [0.1, 0.15) is 19.3 Å². The van der Waals surface area contributed by atoms with Gasteiger partial charge < -0.3 is 5.73 Å². The molecule has 0 saturated heterocycles. The van der Waals surface area contributed by atoms with Gasteiger partial charge >= 0.3 is 0 Å². The van der Waals surface area contributed by atoms with E-state index in [1.807, 2.05) is 29.7 Å². The molecule has 0 radical (unpaired) electrons. The standard InChI is InChI=1S/C10H17N3S/c1-13-7-9(6-12-13)14-10-4-2-3-8(10)5-11/h6-8,10H,2-5,11H2,1H3. The van der Waals surface area contributed by atoms with Gasteiger partial charge in [0.05, 0.1) is 6.20 Å². The minimum Gasteiger partial charge on any atom is -0.330 e. The molecule has 2 unspecified atom stereocenters. The lowest BCUT2D eigenvalue weighted by Gasteiger charge is -2.15. The Balaban J connectivity index is 1.96. The molecule has 14 heavy (non-hydrogen) atoms. The SMILES string of the molecule is Cn1cc(SC2CCCC2CN)cn1. The van der Waals surface area contributed by atoms with Crippen LogP contribution in [-0.2, 0) is 7.05 Å². The maximum Gasteiger partial charge on any atom is 0.0625 e. The Morgan fingerprint density at radius 1 is 1.64 bits per heavy atom. The van der Waals surface area contributed by atoms with Gasteiger partial charge in [-0.25, -0.2) is 0 Å². The Morgan fingerprint density at radius 2 is 2.50 bits per heavy atom. The Kier molecular flexibility index (Phi) is 3.13. The Morgan fingerprint density at radius 3 is 3.14 bits per heavy atom. The molecule has 2 atom stereocenters. The number of nitrogens with zero attached hydrogens (tertiary/aromatic N) is 2. The molecule has 2 N–H and O–H groups in total. The summed E-state index contributed by atoms with van der Waals surface area (Å²) in [5.41, 5.74) is 5.75. The molecule has 1 aliphatic rings. The van der Waals surface area contributed by atoms with Crippen LogP contribution in [-0.4, -0.2) is 21.6 Å². The second kappa shape index (κ2) is 4.36. The first kappa shape index (κ1) is 10.1. The fraction of sp³-hybridized carbons (Fsp3) is 0.700. The lowest BCUT2D eigenvalue weighted by atomic mass is 10.1. The number of thioether (sulfide) groups is 1. The van der Waals surface area contributed by atoms with Crippen molar-refractivity contribution in [1.82, 2.24) is 9.78 Å². The number of hydrogen-bond acceptors (Lipinski definition) is 3. The first-order chi connectivity index (χ1) is 6.79. The van der Waals surface area contributed by atoms with Crippen molar-refractivity contribution in [2.45, 2.75) is 29.4 Å². The summed E-state index contributed by atoms with van der Waals surface area (Å²) in [4.78, 5) is 1.28. The third-order valence-corrected chi connectivity index (χ3v) is 4.27. The van der Waals surface area contributed by atoms with Gasteiger partial charge in [0.2, 0.25) is 0 Å². The van der Waals surface area contributed by atoms with E-state index in [1.54, 1.807) is 0 Å². The molecule has 0 spiro atoms. The van der Waals surface area contributed by atoms with E-state index < -0.39 is 0 Å².